The van der Waals surface area contributed by atoms with Gasteiger partial charge in [0, 0.05) is 6.54 Å². The summed E-state index contributed by atoms with van der Waals surface area (Å²) in [5.41, 5.74) is 0.404. The Morgan fingerprint density at radius 3 is 2.67 bits per heavy atom. The number of hydrogen-bond acceptors (Lipinski definition) is 2. The third kappa shape index (κ3) is 1.56. The SMILES string of the molecule is CC(C(=O)N1CCC12COC2)c1ccccc1F. The van der Waals surface area contributed by atoms with Gasteiger partial charge in [-0.05, 0) is 25.0 Å². The molecular formula is C14H16FNO2. The van der Waals surface area contributed by atoms with Crippen LogP contribution in [0.3, 0.4) is 0 Å². The Morgan fingerprint density at radius 2 is 2.17 bits per heavy atom. The fourth-order valence-corrected chi connectivity index (χ4v) is 2.71. The standard InChI is InChI=1S/C14H16FNO2/c1-10(11-4-2-3-5-12(11)15)13(17)16-7-6-14(16)8-18-9-14/h2-5,10H,6-9H2,1H3. The number of likely N-dealkylation sites (tertiary alicyclic amines) is 1. The summed E-state index contributed by atoms with van der Waals surface area (Å²) in [7, 11) is 0. The largest absolute Gasteiger partial charge is 0.376 e. The molecule has 0 saturated carbocycles. The predicted octanol–water partition coefficient (Wildman–Crippen LogP) is 1.93. The molecule has 2 aliphatic rings. The van der Waals surface area contributed by atoms with Gasteiger partial charge in [0.25, 0.3) is 0 Å². The summed E-state index contributed by atoms with van der Waals surface area (Å²) >= 11 is 0. The van der Waals surface area contributed by atoms with Gasteiger partial charge in [-0.3, -0.25) is 4.79 Å². The molecule has 0 N–H and O–H groups in total. The van der Waals surface area contributed by atoms with Crippen LogP contribution in [0.1, 0.15) is 24.8 Å². The summed E-state index contributed by atoms with van der Waals surface area (Å²) in [5, 5.41) is 0. The highest BCUT2D eigenvalue weighted by molar-refractivity contribution is 5.85. The number of carbonyl (C=O) groups is 1. The second-order valence-electron chi connectivity index (χ2n) is 5.20. The molecule has 1 atom stereocenters. The molecule has 0 bridgehead atoms. The highest BCUT2D eigenvalue weighted by Gasteiger charge is 2.53. The Hall–Kier alpha value is -1.42. The van der Waals surface area contributed by atoms with E-state index in [9.17, 15) is 9.18 Å². The van der Waals surface area contributed by atoms with Gasteiger partial charge in [-0.1, -0.05) is 18.2 Å². The minimum atomic E-state index is -0.427. The minimum Gasteiger partial charge on any atom is -0.376 e. The zero-order valence-corrected chi connectivity index (χ0v) is 10.4. The first-order valence-electron chi connectivity index (χ1n) is 6.28. The molecule has 2 saturated heterocycles. The van der Waals surface area contributed by atoms with Crippen molar-refractivity contribution >= 4 is 5.91 Å². The lowest BCUT2D eigenvalue weighted by Crippen LogP contribution is -2.72. The Kier molecular flexibility index (Phi) is 2.63. The lowest BCUT2D eigenvalue weighted by Gasteiger charge is -2.58. The molecule has 0 radical (unpaired) electrons. The zero-order valence-electron chi connectivity index (χ0n) is 10.4. The molecule has 3 nitrogen and oxygen atoms in total. The molecule has 4 heteroatoms. The normalized spacial score (nSPS) is 22.2. The molecule has 2 aliphatic heterocycles. The highest BCUT2D eigenvalue weighted by Crippen LogP contribution is 2.39. The molecule has 1 aromatic carbocycles. The summed E-state index contributed by atoms with van der Waals surface area (Å²) in [5.74, 6) is -0.726. The van der Waals surface area contributed by atoms with Crippen molar-refractivity contribution in [2.75, 3.05) is 19.8 Å². The summed E-state index contributed by atoms with van der Waals surface area (Å²) < 4.78 is 18.9. The molecule has 2 heterocycles. The predicted molar refractivity (Wildman–Crippen MR) is 64.7 cm³/mol. The summed E-state index contributed by atoms with van der Waals surface area (Å²) in [6.45, 7) is 3.79. The van der Waals surface area contributed by atoms with Crippen LogP contribution in [0.15, 0.2) is 24.3 Å². The molecule has 1 spiro atoms. The highest BCUT2D eigenvalue weighted by atomic mass is 19.1. The van der Waals surface area contributed by atoms with Gasteiger partial charge in [-0.15, -0.1) is 0 Å². The zero-order chi connectivity index (χ0) is 12.8. The second-order valence-corrected chi connectivity index (χ2v) is 5.20. The number of hydrogen-bond donors (Lipinski definition) is 0. The van der Waals surface area contributed by atoms with Gasteiger partial charge in [0.15, 0.2) is 0 Å². The fourth-order valence-electron chi connectivity index (χ4n) is 2.71. The number of carbonyl (C=O) groups excluding carboxylic acids is 1. The van der Waals surface area contributed by atoms with Crippen molar-refractivity contribution in [3.8, 4) is 0 Å². The van der Waals surface area contributed by atoms with Crippen LogP contribution in [0.2, 0.25) is 0 Å². The van der Waals surface area contributed by atoms with Crippen molar-refractivity contribution in [2.24, 2.45) is 0 Å². The second kappa shape index (κ2) is 4.05. The molecule has 0 aliphatic carbocycles. The number of rotatable bonds is 2. The van der Waals surface area contributed by atoms with Crippen molar-refractivity contribution in [3.63, 3.8) is 0 Å². The average molecular weight is 249 g/mol. The van der Waals surface area contributed by atoms with Gasteiger partial charge in [-0.25, -0.2) is 4.39 Å². The minimum absolute atomic E-state index is 0.00894. The van der Waals surface area contributed by atoms with Crippen molar-refractivity contribution in [3.05, 3.63) is 35.6 Å². The molecule has 1 amide bonds. The third-order valence-corrected chi connectivity index (χ3v) is 4.12. The number of ether oxygens (including phenoxy) is 1. The molecule has 18 heavy (non-hydrogen) atoms. The van der Waals surface area contributed by atoms with Crippen LogP contribution < -0.4 is 0 Å². The van der Waals surface area contributed by atoms with Crippen LogP contribution in [0, 0.1) is 5.82 Å². The number of halogens is 1. The van der Waals surface area contributed by atoms with Crippen LogP contribution >= 0.6 is 0 Å². The molecule has 3 rings (SSSR count). The average Bonchev–Trinajstić information content (AvgIpc) is 2.25. The van der Waals surface area contributed by atoms with E-state index in [-0.39, 0.29) is 17.3 Å². The Labute approximate surface area is 106 Å². The van der Waals surface area contributed by atoms with E-state index in [1.165, 1.54) is 6.07 Å². The van der Waals surface area contributed by atoms with E-state index < -0.39 is 5.92 Å². The van der Waals surface area contributed by atoms with Crippen LogP contribution in [-0.2, 0) is 9.53 Å². The fraction of sp³-hybridized carbons (Fsp3) is 0.500. The maximum absolute atomic E-state index is 13.7. The van der Waals surface area contributed by atoms with Crippen LogP contribution in [0.4, 0.5) is 4.39 Å². The van der Waals surface area contributed by atoms with Crippen LogP contribution in [0.5, 0.6) is 0 Å². The van der Waals surface area contributed by atoms with Gasteiger partial charge in [-0.2, -0.15) is 0 Å². The molecule has 0 aromatic heterocycles. The molecule has 1 aromatic rings. The van der Waals surface area contributed by atoms with E-state index in [0.29, 0.717) is 18.8 Å². The van der Waals surface area contributed by atoms with Crippen molar-refractivity contribution in [1.29, 1.82) is 0 Å². The van der Waals surface area contributed by atoms with E-state index in [0.717, 1.165) is 13.0 Å². The van der Waals surface area contributed by atoms with E-state index >= 15 is 0 Å². The molecule has 96 valence electrons. The first-order valence-corrected chi connectivity index (χ1v) is 6.28. The first-order chi connectivity index (χ1) is 8.64. The summed E-state index contributed by atoms with van der Waals surface area (Å²) in [6, 6.07) is 6.49. The van der Waals surface area contributed by atoms with Gasteiger partial charge in [0.1, 0.15) is 5.82 Å². The topological polar surface area (TPSA) is 29.5 Å². The van der Waals surface area contributed by atoms with E-state index in [1.807, 2.05) is 4.90 Å². The van der Waals surface area contributed by atoms with Gasteiger partial charge in [0.05, 0.1) is 24.7 Å². The molecular weight excluding hydrogens is 233 g/mol. The van der Waals surface area contributed by atoms with Crippen LogP contribution in [-0.4, -0.2) is 36.1 Å². The number of benzene rings is 1. The summed E-state index contributed by atoms with van der Waals surface area (Å²) in [4.78, 5) is 14.2. The number of nitrogens with zero attached hydrogens (tertiary/aromatic N) is 1. The Bertz CT molecular complexity index is 479. The monoisotopic (exact) mass is 249 g/mol. The van der Waals surface area contributed by atoms with E-state index in [4.69, 9.17) is 4.74 Å². The maximum atomic E-state index is 13.7. The van der Waals surface area contributed by atoms with E-state index in [1.54, 1.807) is 25.1 Å². The van der Waals surface area contributed by atoms with Crippen molar-refractivity contribution < 1.29 is 13.9 Å². The third-order valence-electron chi connectivity index (χ3n) is 4.12. The maximum Gasteiger partial charge on any atom is 0.230 e. The van der Waals surface area contributed by atoms with Crippen LogP contribution in [0.25, 0.3) is 0 Å². The van der Waals surface area contributed by atoms with E-state index in [2.05, 4.69) is 0 Å². The number of amides is 1. The Morgan fingerprint density at radius 1 is 1.44 bits per heavy atom. The molecule has 2 fully saturated rings. The summed E-state index contributed by atoms with van der Waals surface area (Å²) in [6.07, 6.45) is 1.00. The van der Waals surface area contributed by atoms with Crippen molar-refractivity contribution in [1.82, 2.24) is 4.90 Å². The molecule has 1 unspecified atom stereocenters. The van der Waals surface area contributed by atoms with Gasteiger partial charge < -0.3 is 9.64 Å². The van der Waals surface area contributed by atoms with Gasteiger partial charge in [0.2, 0.25) is 5.91 Å². The van der Waals surface area contributed by atoms with Gasteiger partial charge >= 0.3 is 0 Å². The first kappa shape index (κ1) is 11.7. The smallest absolute Gasteiger partial charge is 0.230 e. The quantitative estimate of drug-likeness (QED) is 0.801. The Balaban J connectivity index is 1.79. The lowest BCUT2D eigenvalue weighted by molar-refractivity contribution is -0.200. The lowest BCUT2D eigenvalue weighted by atomic mass is 9.81. The van der Waals surface area contributed by atoms with Crippen molar-refractivity contribution in [2.45, 2.75) is 24.8 Å².